The predicted molar refractivity (Wildman–Crippen MR) is 112 cm³/mol. The van der Waals surface area contributed by atoms with Crippen molar-refractivity contribution < 1.29 is 14.6 Å². The normalized spacial score (nSPS) is 12.0. The van der Waals surface area contributed by atoms with Gasteiger partial charge in [-0.2, -0.15) is 5.10 Å². The van der Waals surface area contributed by atoms with Crippen molar-refractivity contribution in [3.8, 4) is 5.75 Å². The average Bonchev–Trinajstić information content (AvgIpc) is 2.93. The van der Waals surface area contributed by atoms with Crippen LogP contribution >= 0.6 is 27.5 Å². The number of hydrogen-bond acceptors (Lipinski definition) is 4. The van der Waals surface area contributed by atoms with E-state index in [9.17, 15) is 9.90 Å². The van der Waals surface area contributed by atoms with E-state index < -0.39 is 6.10 Å². The summed E-state index contributed by atoms with van der Waals surface area (Å²) in [5.41, 5.74) is 2.97. The van der Waals surface area contributed by atoms with Crippen LogP contribution in [0.1, 0.15) is 27.3 Å². The van der Waals surface area contributed by atoms with Gasteiger partial charge in [-0.1, -0.05) is 11.6 Å². The fourth-order valence-electron chi connectivity index (χ4n) is 2.77. The van der Waals surface area contributed by atoms with E-state index in [0.717, 1.165) is 15.9 Å². The summed E-state index contributed by atoms with van der Waals surface area (Å²) in [4.78, 5) is 12.5. The molecule has 0 fully saturated rings. The van der Waals surface area contributed by atoms with Gasteiger partial charge in [-0.15, -0.1) is 0 Å². The van der Waals surface area contributed by atoms with Crippen molar-refractivity contribution in [1.82, 2.24) is 9.78 Å². The molecule has 0 spiro atoms. The van der Waals surface area contributed by atoms with Gasteiger partial charge in [0.1, 0.15) is 18.5 Å². The number of carbonyl (C=O) groups excluding carboxylic acids is 1. The lowest BCUT2D eigenvalue weighted by molar-refractivity contribution is 0.0886. The van der Waals surface area contributed by atoms with Crippen LogP contribution in [0.2, 0.25) is 5.02 Å². The molecule has 0 aliphatic rings. The molecule has 3 rings (SSSR count). The maximum absolute atomic E-state index is 12.5. The molecule has 1 atom stereocenters. The van der Waals surface area contributed by atoms with Crippen LogP contribution in [0.5, 0.6) is 5.75 Å². The van der Waals surface area contributed by atoms with Crippen molar-refractivity contribution >= 4 is 33.3 Å². The first-order valence-corrected chi connectivity index (χ1v) is 9.93. The van der Waals surface area contributed by atoms with Gasteiger partial charge in [0.2, 0.25) is 0 Å². The zero-order valence-corrected chi connectivity index (χ0v) is 17.9. The number of aliphatic hydroxyl groups is 1. The van der Waals surface area contributed by atoms with Crippen LogP contribution in [-0.2, 0) is 6.54 Å². The van der Waals surface area contributed by atoms with E-state index in [1.807, 2.05) is 13.8 Å². The Kier molecular flexibility index (Phi) is 6.54. The maximum Gasteiger partial charge on any atom is 0.193 e. The summed E-state index contributed by atoms with van der Waals surface area (Å²) in [7, 11) is 0. The topological polar surface area (TPSA) is 64.3 Å². The molecular formula is C21H20BrClN2O3. The highest BCUT2D eigenvalue weighted by Gasteiger charge is 2.14. The second-order valence-corrected chi connectivity index (χ2v) is 7.72. The minimum absolute atomic E-state index is 0.0849. The Hall–Kier alpha value is -2.15. The number of carbonyl (C=O) groups is 1. The molecular weight excluding hydrogens is 444 g/mol. The number of aliphatic hydroxyl groups excluding tert-OH is 1. The number of hydrogen-bond donors (Lipinski definition) is 1. The zero-order chi connectivity index (χ0) is 20.3. The Morgan fingerprint density at radius 3 is 2.25 bits per heavy atom. The van der Waals surface area contributed by atoms with E-state index >= 15 is 0 Å². The Balaban J connectivity index is 1.57. The third kappa shape index (κ3) is 4.82. The molecule has 1 heterocycles. The fraction of sp³-hybridized carbons (Fsp3) is 0.238. The van der Waals surface area contributed by atoms with Crippen molar-refractivity contribution in [2.45, 2.75) is 26.5 Å². The van der Waals surface area contributed by atoms with Crippen LogP contribution in [0.4, 0.5) is 0 Å². The van der Waals surface area contributed by atoms with Crippen molar-refractivity contribution in [2.24, 2.45) is 0 Å². The Morgan fingerprint density at radius 1 is 1.14 bits per heavy atom. The molecule has 5 nitrogen and oxygen atoms in total. The summed E-state index contributed by atoms with van der Waals surface area (Å²) in [5, 5.41) is 15.2. The molecule has 0 bridgehead atoms. The van der Waals surface area contributed by atoms with Crippen molar-refractivity contribution in [1.29, 1.82) is 0 Å². The standard InChI is InChI=1S/C21H20BrClN2O3/c1-13-20(22)14(2)25(24-13)11-18(26)12-28-19-9-5-16(6-10-19)21(27)15-3-7-17(23)8-4-15/h3-10,18,26H,11-12H2,1-2H3/t18-/m0/s1. The summed E-state index contributed by atoms with van der Waals surface area (Å²) in [5.74, 6) is 0.500. The van der Waals surface area contributed by atoms with Crippen LogP contribution in [0, 0.1) is 13.8 Å². The first-order valence-electron chi connectivity index (χ1n) is 8.76. The molecule has 7 heteroatoms. The molecule has 2 aromatic carbocycles. The minimum atomic E-state index is -0.708. The van der Waals surface area contributed by atoms with Crippen LogP contribution in [0.3, 0.4) is 0 Å². The molecule has 146 valence electrons. The minimum Gasteiger partial charge on any atom is -0.491 e. The monoisotopic (exact) mass is 462 g/mol. The predicted octanol–water partition coefficient (Wildman–Crippen LogP) is 4.59. The highest BCUT2D eigenvalue weighted by molar-refractivity contribution is 9.10. The first-order chi connectivity index (χ1) is 13.3. The number of ketones is 1. The van der Waals surface area contributed by atoms with E-state index in [2.05, 4.69) is 21.0 Å². The van der Waals surface area contributed by atoms with Gasteiger partial charge in [-0.3, -0.25) is 9.48 Å². The lowest BCUT2D eigenvalue weighted by atomic mass is 10.0. The summed E-state index contributed by atoms with van der Waals surface area (Å²) >= 11 is 9.33. The second kappa shape index (κ2) is 8.90. The molecule has 0 saturated heterocycles. The summed E-state index contributed by atoms with van der Waals surface area (Å²) in [6.07, 6.45) is -0.708. The number of rotatable bonds is 7. The van der Waals surface area contributed by atoms with E-state index in [1.165, 1.54) is 0 Å². The van der Waals surface area contributed by atoms with Gasteiger partial charge >= 0.3 is 0 Å². The molecule has 0 saturated carbocycles. The molecule has 1 N–H and O–H groups in total. The molecule has 28 heavy (non-hydrogen) atoms. The van der Waals surface area contributed by atoms with Crippen LogP contribution in [-0.4, -0.2) is 33.4 Å². The molecule has 0 aliphatic heterocycles. The molecule has 0 amide bonds. The van der Waals surface area contributed by atoms with Crippen LogP contribution in [0.25, 0.3) is 0 Å². The van der Waals surface area contributed by atoms with E-state index in [4.69, 9.17) is 16.3 Å². The zero-order valence-electron chi connectivity index (χ0n) is 15.5. The highest BCUT2D eigenvalue weighted by Crippen LogP contribution is 2.20. The number of nitrogens with zero attached hydrogens (tertiary/aromatic N) is 2. The average molecular weight is 464 g/mol. The molecule has 3 aromatic rings. The molecule has 0 unspecified atom stereocenters. The molecule has 1 aromatic heterocycles. The Morgan fingerprint density at radius 2 is 1.71 bits per heavy atom. The first kappa shape index (κ1) is 20.6. The van der Waals surface area contributed by atoms with Crippen LogP contribution in [0.15, 0.2) is 53.0 Å². The molecule has 0 aliphatic carbocycles. The van der Waals surface area contributed by atoms with E-state index in [0.29, 0.717) is 28.4 Å². The smallest absolute Gasteiger partial charge is 0.193 e. The lowest BCUT2D eigenvalue weighted by Gasteiger charge is -2.14. The van der Waals surface area contributed by atoms with Gasteiger partial charge in [-0.25, -0.2) is 0 Å². The highest BCUT2D eigenvalue weighted by atomic mass is 79.9. The van der Waals surface area contributed by atoms with E-state index in [-0.39, 0.29) is 12.4 Å². The summed E-state index contributed by atoms with van der Waals surface area (Å²) in [6, 6.07) is 13.6. The number of aromatic nitrogens is 2. The van der Waals surface area contributed by atoms with Gasteiger partial charge in [-0.05, 0) is 78.3 Å². The quantitative estimate of drug-likeness (QED) is 0.521. The third-order valence-electron chi connectivity index (χ3n) is 4.34. The van der Waals surface area contributed by atoms with Gasteiger partial charge in [0, 0.05) is 21.8 Å². The summed E-state index contributed by atoms with van der Waals surface area (Å²) in [6.45, 7) is 4.31. The fourth-order valence-corrected chi connectivity index (χ4v) is 3.18. The van der Waals surface area contributed by atoms with E-state index in [1.54, 1.807) is 53.2 Å². The maximum atomic E-state index is 12.5. The number of benzene rings is 2. The van der Waals surface area contributed by atoms with Gasteiger partial charge < -0.3 is 9.84 Å². The van der Waals surface area contributed by atoms with Gasteiger partial charge in [0.05, 0.1) is 16.7 Å². The summed E-state index contributed by atoms with van der Waals surface area (Å²) < 4.78 is 8.34. The number of halogens is 2. The van der Waals surface area contributed by atoms with Gasteiger partial charge in [0.25, 0.3) is 0 Å². The Labute approximate surface area is 177 Å². The van der Waals surface area contributed by atoms with Crippen molar-refractivity contribution in [3.63, 3.8) is 0 Å². The number of aryl methyl sites for hydroxylation is 1. The molecule has 0 radical (unpaired) electrons. The SMILES string of the molecule is Cc1nn(C[C@H](O)COc2ccc(C(=O)c3ccc(Cl)cc3)cc2)c(C)c1Br. The van der Waals surface area contributed by atoms with Gasteiger partial charge in [0.15, 0.2) is 5.78 Å². The van der Waals surface area contributed by atoms with Crippen molar-refractivity contribution in [3.05, 3.63) is 80.5 Å². The van der Waals surface area contributed by atoms with Crippen molar-refractivity contribution in [2.75, 3.05) is 6.61 Å². The third-order valence-corrected chi connectivity index (χ3v) is 5.74. The number of ether oxygens (including phenoxy) is 1. The largest absolute Gasteiger partial charge is 0.491 e. The van der Waals surface area contributed by atoms with Crippen LogP contribution < -0.4 is 4.74 Å². The lowest BCUT2D eigenvalue weighted by Crippen LogP contribution is -2.24. The Bertz CT molecular complexity index is 969. The second-order valence-electron chi connectivity index (χ2n) is 6.49.